The monoisotopic (exact) mass is 364 g/mol. The molecule has 0 saturated heterocycles. The summed E-state index contributed by atoms with van der Waals surface area (Å²) in [5.41, 5.74) is 5.72. The lowest BCUT2D eigenvalue weighted by molar-refractivity contribution is 0.0949. The van der Waals surface area contributed by atoms with Crippen molar-refractivity contribution < 1.29 is 9.53 Å². The smallest absolute Gasteiger partial charge is 0.255 e. The van der Waals surface area contributed by atoms with E-state index >= 15 is 0 Å². The van der Waals surface area contributed by atoms with Gasteiger partial charge in [-0.25, -0.2) is 4.68 Å². The molecule has 0 atom stereocenters. The zero-order valence-electron chi connectivity index (χ0n) is 16.3. The van der Waals surface area contributed by atoms with Crippen molar-refractivity contribution >= 4 is 5.91 Å². The average Bonchev–Trinajstić information content (AvgIpc) is 2.96. The number of nitrogens with one attached hydrogen (secondary N) is 1. The predicted octanol–water partition coefficient (Wildman–Crippen LogP) is 3.44. The van der Waals surface area contributed by atoms with Crippen LogP contribution in [0.5, 0.6) is 5.75 Å². The van der Waals surface area contributed by atoms with E-state index in [9.17, 15) is 4.79 Å². The van der Waals surface area contributed by atoms with Crippen molar-refractivity contribution in [2.75, 3.05) is 7.11 Å². The van der Waals surface area contributed by atoms with Crippen LogP contribution in [0.2, 0.25) is 0 Å². The third-order valence-corrected chi connectivity index (χ3v) is 4.69. The Morgan fingerprint density at radius 3 is 2.52 bits per heavy atom. The van der Waals surface area contributed by atoms with Crippen LogP contribution in [-0.2, 0) is 6.54 Å². The molecule has 0 spiro atoms. The summed E-state index contributed by atoms with van der Waals surface area (Å²) < 4.78 is 7.23. The van der Waals surface area contributed by atoms with Crippen LogP contribution in [0.25, 0.3) is 5.69 Å². The van der Waals surface area contributed by atoms with Crippen LogP contribution >= 0.6 is 0 Å². The summed E-state index contributed by atoms with van der Waals surface area (Å²) in [5, 5.41) is 7.50. The van der Waals surface area contributed by atoms with Crippen LogP contribution in [-0.4, -0.2) is 27.8 Å². The summed E-state index contributed by atoms with van der Waals surface area (Å²) >= 11 is 0. The first-order valence-electron chi connectivity index (χ1n) is 8.83. The zero-order valence-corrected chi connectivity index (χ0v) is 16.3. The molecule has 0 radical (unpaired) electrons. The Balaban J connectivity index is 1.83. The molecule has 0 aliphatic heterocycles. The molecule has 1 amide bonds. The fourth-order valence-electron chi connectivity index (χ4n) is 3.29. The third kappa shape index (κ3) is 3.56. The minimum Gasteiger partial charge on any atom is -0.496 e. The highest BCUT2D eigenvalue weighted by molar-refractivity contribution is 5.96. The van der Waals surface area contributed by atoms with Gasteiger partial charge >= 0.3 is 0 Å². The third-order valence-electron chi connectivity index (χ3n) is 4.69. The maximum Gasteiger partial charge on any atom is 0.255 e. The quantitative estimate of drug-likeness (QED) is 0.753. The molecule has 0 aliphatic rings. The molecule has 3 rings (SSSR count). The van der Waals surface area contributed by atoms with Crippen LogP contribution in [0.1, 0.15) is 38.6 Å². The minimum atomic E-state index is -0.159. The molecule has 0 aliphatic carbocycles. The SMILES string of the molecule is COc1c(C)cnc(CNC(=O)c2c(C)nn(-c3ccccc3)c2C)c1C. The molecule has 27 heavy (non-hydrogen) atoms. The van der Waals surface area contributed by atoms with E-state index in [-0.39, 0.29) is 5.91 Å². The van der Waals surface area contributed by atoms with E-state index in [2.05, 4.69) is 15.4 Å². The van der Waals surface area contributed by atoms with E-state index in [1.165, 1.54) is 0 Å². The Morgan fingerprint density at radius 1 is 1.15 bits per heavy atom. The summed E-state index contributed by atoms with van der Waals surface area (Å²) in [5.74, 6) is 0.645. The van der Waals surface area contributed by atoms with Crippen LogP contribution in [0.3, 0.4) is 0 Å². The van der Waals surface area contributed by atoms with E-state index in [1.807, 2.05) is 58.0 Å². The van der Waals surface area contributed by atoms with Crippen molar-refractivity contribution in [3.8, 4) is 11.4 Å². The predicted molar refractivity (Wildman–Crippen MR) is 104 cm³/mol. The molecule has 6 nitrogen and oxygen atoms in total. The van der Waals surface area contributed by atoms with Crippen molar-refractivity contribution in [3.05, 3.63) is 70.3 Å². The van der Waals surface area contributed by atoms with Gasteiger partial charge in [0.1, 0.15) is 5.75 Å². The van der Waals surface area contributed by atoms with Gasteiger partial charge in [0, 0.05) is 17.3 Å². The van der Waals surface area contributed by atoms with Crippen LogP contribution in [0.4, 0.5) is 0 Å². The van der Waals surface area contributed by atoms with Crippen molar-refractivity contribution in [2.24, 2.45) is 0 Å². The van der Waals surface area contributed by atoms with Gasteiger partial charge in [0.05, 0.1) is 42.0 Å². The second-order valence-electron chi connectivity index (χ2n) is 6.52. The lowest BCUT2D eigenvalue weighted by Gasteiger charge is -2.13. The number of carbonyl (C=O) groups is 1. The largest absolute Gasteiger partial charge is 0.496 e. The van der Waals surface area contributed by atoms with Crippen molar-refractivity contribution in [1.29, 1.82) is 0 Å². The molecule has 0 unspecified atom stereocenters. The van der Waals surface area contributed by atoms with Gasteiger partial charge in [-0.3, -0.25) is 9.78 Å². The highest BCUT2D eigenvalue weighted by Gasteiger charge is 2.20. The Morgan fingerprint density at radius 2 is 1.85 bits per heavy atom. The summed E-state index contributed by atoms with van der Waals surface area (Å²) in [4.78, 5) is 17.2. The highest BCUT2D eigenvalue weighted by atomic mass is 16.5. The molecule has 0 saturated carbocycles. The highest BCUT2D eigenvalue weighted by Crippen LogP contribution is 2.24. The second-order valence-corrected chi connectivity index (χ2v) is 6.52. The Labute approximate surface area is 159 Å². The fraction of sp³-hybridized carbons (Fsp3) is 0.286. The van der Waals surface area contributed by atoms with Crippen LogP contribution in [0, 0.1) is 27.7 Å². The number of para-hydroxylation sites is 1. The van der Waals surface area contributed by atoms with Gasteiger partial charge < -0.3 is 10.1 Å². The van der Waals surface area contributed by atoms with Gasteiger partial charge in [0.2, 0.25) is 0 Å². The number of pyridine rings is 1. The molecular formula is C21H24N4O2. The Kier molecular flexibility index (Phi) is 5.26. The molecule has 2 aromatic heterocycles. The molecule has 0 fully saturated rings. The maximum absolute atomic E-state index is 12.8. The first-order chi connectivity index (χ1) is 12.9. The molecule has 2 heterocycles. The molecule has 3 aromatic rings. The zero-order chi connectivity index (χ0) is 19.6. The molecule has 6 heteroatoms. The average molecular weight is 364 g/mol. The van der Waals surface area contributed by atoms with Crippen molar-refractivity contribution in [2.45, 2.75) is 34.2 Å². The number of hydrogen-bond acceptors (Lipinski definition) is 4. The van der Waals surface area contributed by atoms with Gasteiger partial charge in [-0.15, -0.1) is 0 Å². The van der Waals surface area contributed by atoms with Gasteiger partial charge in [-0.1, -0.05) is 18.2 Å². The van der Waals surface area contributed by atoms with Crippen molar-refractivity contribution in [3.63, 3.8) is 0 Å². The van der Waals surface area contributed by atoms with E-state index in [0.717, 1.165) is 34.0 Å². The molecular weight excluding hydrogens is 340 g/mol. The van der Waals surface area contributed by atoms with Crippen LogP contribution in [0.15, 0.2) is 36.5 Å². The number of rotatable bonds is 5. The van der Waals surface area contributed by atoms with E-state index in [0.29, 0.717) is 17.8 Å². The number of hydrogen-bond donors (Lipinski definition) is 1. The molecule has 140 valence electrons. The summed E-state index contributed by atoms with van der Waals surface area (Å²) in [6.07, 6.45) is 1.76. The number of carbonyl (C=O) groups excluding carboxylic acids is 1. The number of aryl methyl sites for hydroxylation is 2. The lowest BCUT2D eigenvalue weighted by atomic mass is 10.1. The number of ether oxygens (including phenoxy) is 1. The second kappa shape index (κ2) is 7.61. The van der Waals surface area contributed by atoms with Crippen LogP contribution < -0.4 is 10.1 Å². The van der Waals surface area contributed by atoms with E-state index in [1.54, 1.807) is 18.0 Å². The van der Waals surface area contributed by atoms with Crippen molar-refractivity contribution in [1.82, 2.24) is 20.1 Å². The van der Waals surface area contributed by atoms with Gasteiger partial charge in [0.25, 0.3) is 5.91 Å². The lowest BCUT2D eigenvalue weighted by Crippen LogP contribution is -2.25. The number of nitrogens with zero attached hydrogens (tertiary/aromatic N) is 3. The van der Waals surface area contributed by atoms with Gasteiger partial charge in [-0.2, -0.15) is 5.10 Å². The minimum absolute atomic E-state index is 0.159. The summed E-state index contributed by atoms with van der Waals surface area (Å²) in [6.45, 7) is 7.98. The standard InChI is InChI=1S/C21H24N4O2/c1-13-11-22-18(14(2)20(13)27-5)12-23-21(26)19-15(3)24-25(16(19)4)17-9-7-6-8-10-17/h6-11H,12H2,1-5H3,(H,23,26). The number of benzene rings is 1. The molecule has 1 N–H and O–H groups in total. The van der Waals surface area contributed by atoms with E-state index in [4.69, 9.17) is 4.74 Å². The number of methoxy groups -OCH3 is 1. The van der Waals surface area contributed by atoms with E-state index < -0.39 is 0 Å². The van der Waals surface area contributed by atoms with Gasteiger partial charge in [-0.05, 0) is 39.8 Å². The first kappa shape index (κ1) is 18.6. The number of aromatic nitrogens is 3. The summed E-state index contributed by atoms with van der Waals surface area (Å²) in [7, 11) is 1.64. The first-order valence-corrected chi connectivity index (χ1v) is 8.83. The summed E-state index contributed by atoms with van der Waals surface area (Å²) in [6, 6.07) is 9.78. The fourth-order valence-corrected chi connectivity index (χ4v) is 3.29. The normalized spacial score (nSPS) is 10.7. The Bertz CT molecular complexity index is 978. The molecule has 0 bridgehead atoms. The number of amides is 1. The maximum atomic E-state index is 12.8. The topological polar surface area (TPSA) is 69.0 Å². The van der Waals surface area contributed by atoms with Gasteiger partial charge in [0.15, 0.2) is 0 Å². The molecule has 1 aromatic carbocycles. The Hall–Kier alpha value is -3.15.